The highest BCUT2D eigenvalue weighted by atomic mass is 19.2. The number of Topliss-reactive ketones (excluding diaryl/α,β-unsaturated/α-hetero) is 1. The van der Waals surface area contributed by atoms with Gasteiger partial charge in [-0.1, -0.05) is 18.2 Å². The molecule has 206 valence electrons. The van der Waals surface area contributed by atoms with Gasteiger partial charge in [0, 0.05) is 49.8 Å². The van der Waals surface area contributed by atoms with Crippen LogP contribution in [0.2, 0.25) is 0 Å². The highest BCUT2D eigenvalue weighted by Crippen LogP contribution is 2.24. The number of hydrogen-bond acceptors (Lipinski definition) is 7. The number of nitrogen functional groups attached to an aromatic ring is 1. The standard InChI is InChI=1S/C30H29F2N5O3/c31-25-6-4-19(16-26(25)32)14-22(17-27(38)24-2-1-8-35-29(24)37-10-12-40-13-11-37)30(39)36-18-20-3-5-23-21(15-20)7-9-34-28(23)33/h1-9,15-16,22H,10-14,17-18H2,(H2,33,34)(H,36,39)/t22-/m1/s1. The summed E-state index contributed by atoms with van der Waals surface area (Å²) < 4.78 is 32.9. The first kappa shape index (κ1) is 27.1. The molecule has 1 aliphatic heterocycles. The molecule has 40 heavy (non-hydrogen) atoms. The number of rotatable bonds is 9. The van der Waals surface area contributed by atoms with Crippen molar-refractivity contribution in [3.05, 3.63) is 95.3 Å². The van der Waals surface area contributed by atoms with Crippen LogP contribution in [0.15, 0.2) is 67.0 Å². The number of nitrogens with zero attached hydrogens (tertiary/aromatic N) is 3. The molecule has 10 heteroatoms. The number of nitrogens with two attached hydrogens (primary N) is 1. The van der Waals surface area contributed by atoms with Gasteiger partial charge in [0.2, 0.25) is 5.91 Å². The smallest absolute Gasteiger partial charge is 0.224 e. The van der Waals surface area contributed by atoms with Gasteiger partial charge in [-0.15, -0.1) is 0 Å². The fraction of sp³-hybridized carbons (Fsp3) is 0.267. The van der Waals surface area contributed by atoms with E-state index in [-0.39, 0.29) is 31.1 Å². The summed E-state index contributed by atoms with van der Waals surface area (Å²) in [5.41, 5.74) is 7.60. The number of halogens is 2. The number of anilines is 2. The summed E-state index contributed by atoms with van der Waals surface area (Å²) >= 11 is 0. The number of aromatic nitrogens is 2. The van der Waals surface area contributed by atoms with Gasteiger partial charge < -0.3 is 20.7 Å². The molecule has 0 aliphatic carbocycles. The third-order valence-corrected chi connectivity index (χ3v) is 6.99. The summed E-state index contributed by atoms with van der Waals surface area (Å²) in [6.07, 6.45) is 3.17. The van der Waals surface area contributed by atoms with Crippen molar-refractivity contribution < 1.29 is 23.1 Å². The molecule has 0 spiro atoms. The quantitative estimate of drug-likeness (QED) is 0.305. The number of ether oxygens (including phenoxy) is 1. The van der Waals surface area contributed by atoms with Crippen LogP contribution < -0.4 is 16.0 Å². The van der Waals surface area contributed by atoms with E-state index < -0.39 is 17.6 Å². The lowest BCUT2D eigenvalue weighted by atomic mass is 9.91. The van der Waals surface area contributed by atoms with Crippen molar-refractivity contribution in [1.29, 1.82) is 0 Å². The van der Waals surface area contributed by atoms with Crippen LogP contribution in [0.25, 0.3) is 10.8 Å². The van der Waals surface area contributed by atoms with E-state index in [1.165, 1.54) is 6.07 Å². The maximum Gasteiger partial charge on any atom is 0.224 e. The number of benzene rings is 2. The van der Waals surface area contributed by atoms with Crippen molar-refractivity contribution in [1.82, 2.24) is 15.3 Å². The molecule has 0 bridgehead atoms. The van der Waals surface area contributed by atoms with E-state index in [9.17, 15) is 18.4 Å². The molecule has 0 radical (unpaired) electrons. The lowest BCUT2D eigenvalue weighted by Gasteiger charge is -2.29. The van der Waals surface area contributed by atoms with Crippen molar-refractivity contribution in [2.24, 2.45) is 5.92 Å². The Morgan fingerprint density at radius 2 is 1.77 bits per heavy atom. The fourth-order valence-electron chi connectivity index (χ4n) is 4.88. The van der Waals surface area contributed by atoms with Crippen molar-refractivity contribution in [3.63, 3.8) is 0 Å². The van der Waals surface area contributed by atoms with Crippen LogP contribution in [-0.2, 0) is 22.5 Å². The van der Waals surface area contributed by atoms with Crippen molar-refractivity contribution in [3.8, 4) is 0 Å². The van der Waals surface area contributed by atoms with Gasteiger partial charge in [0.05, 0.1) is 18.8 Å². The van der Waals surface area contributed by atoms with Crippen LogP contribution in [0.1, 0.15) is 27.9 Å². The van der Waals surface area contributed by atoms with Crippen LogP contribution in [0.5, 0.6) is 0 Å². The number of nitrogens with one attached hydrogen (secondary N) is 1. The normalized spacial score (nSPS) is 14.2. The summed E-state index contributed by atoms with van der Waals surface area (Å²) in [7, 11) is 0. The van der Waals surface area contributed by atoms with E-state index in [1.54, 1.807) is 24.5 Å². The van der Waals surface area contributed by atoms with Gasteiger partial charge >= 0.3 is 0 Å². The summed E-state index contributed by atoms with van der Waals surface area (Å²) in [5.74, 6) is -2.46. The minimum atomic E-state index is -1.00. The second kappa shape index (κ2) is 12.2. The lowest BCUT2D eigenvalue weighted by molar-refractivity contribution is -0.125. The SMILES string of the molecule is Nc1nccc2cc(CNC(=O)[C@@H](CC(=O)c3cccnc3N3CCOCC3)Cc3ccc(F)c(F)c3)ccc12. The molecule has 1 amide bonds. The molecule has 1 fully saturated rings. The average molecular weight is 546 g/mol. The molecule has 5 rings (SSSR count). The Labute approximate surface area is 230 Å². The van der Waals surface area contributed by atoms with Gasteiger partial charge in [0.1, 0.15) is 11.6 Å². The molecule has 2 aromatic heterocycles. The predicted octanol–water partition coefficient (Wildman–Crippen LogP) is 4.07. The molecule has 1 aliphatic rings. The van der Waals surface area contributed by atoms with Crippen LogP contribution >= 0.6 is 0 Å². The maximum absolute atomic E-state index is 14.0. The predicted molar refractivity (Wildman–Crippen MR) is 148 cm³/mol. The zero-order valence-corrected chi connectivity index (χ0v) is 21.8. The van der Waals surface area contributed by atoms with Crippen LogP contribution in [0.3, 0.4) is 0 Å². The number of carbonyl (C=O) groups excluding carboxylic acids is 2. The molecule has 0 unspecified atom stereocenters. The Hall–Kier alpha value is -4.44. The van der Waals surface area contributed by atoms with E-state index in [0.717, 1.165) is 28.5 Å². The average Bonchev–Trinajstić information content (AvgIpc) is 2.98. The van der Waals surface area contributed by atoms with Gasteiger partial charge in [-0.05, 0) is 59.3 Å². The van der Waals surface area contributed by atoms with Crippen LogP contribution in [0, 0.1) is 17.6 Å². The third-order valence-electron chi connectivity index (χ3n) is 6.99. The van der Waals surface area contributed by atoms with Gasteiger partial charge in [0.25, 0.3) is 0 Å². The second-order valence-corrected chi connectivity index (χ2v) is 9.72. The van der Waals surface area contributed by atoms with E-state index in [4.69, 9.17) is 10.5 Å². The topological polar surface area (TPSA) is 110 Å². The fourth-order valence-corrected chi connectivity index (χ4v) is 4.88. The number of carbonyl (C=O) groups is 2. The summed E-state index contributed by atoms with van der Waals surface area (Å²) in [6.45, 7) is 2.48. The second-order valence-electron chi connectivity index (χ2n) is 9.72. The molecule has 8 nitrogen and oxygen atoms in total. The monoisotopic (exact) mass is 545 g/mol. The Bertz CT molecular complexity index is 1540. The maximum atomic E-state index is 14.0. The summed E-state index contributed by atoms with van der Waals surface area (Å²) in [5, 5.41) is 4.61. The minimum absolute atomic E-state index is 0.0574. The van der Waals surface area contributed by atoms with Gasteiger partial charge in [-0.25, -0.2) is 18.7 Å². The molecular weight excluding hydrogens is 516 g/mol. The summed E-state index contributed by atoms with van der Waals surface area (Å²) in [6, 6.07) is 14.3. The highest BCUT2D eigenvalue weighted by Gasteiger charge is 2.27. The molecular formula is C30H29F2N5O3. The van der Waals surface area contributed by atoms with Crippen molar-refractivity contribution in [2.45, 2.75) is 19.4 Å². The van der Waals surface area contributed by atoms with Crippen molar-refractivity contribution >= 4 is 34.1 Å². The van der Waals surface area contributed by atoms with E-state index in [1.807, 2.05) is 29.2 Å². The Kier molecular flexibility index (Phi) is 8.26. The molecule has 3 N–H and O–H groups in total. The van der Waals surface area contributed by atoms with E-state index in [0.29, 0.717) is 49.1 Å². The number of hydrogen-bond donors (Lipinski definition) is 2. The van der Waals surface area contributed by atoms with Crippen LogP contribution in [-0.4, -0.2) is 48.0 Å². The number of morpholine rings is 1. The third kappa shape index (κ3) is 6.23. The molecule has 3 heterocycles. The van der Waals surface area contributed by atoms with Gasteiger partial charge in [0.15, 0.2) is 17.4 Å². The number of fused-ring (bicyclic) bond motifs is 1. The first-order valence-corrected chi connectivity index (χ1v) is 13.0. The van der Waals surface area contributed by atoms with Gasteiger partial charge in [-0.3, -0.25) is 9.59 Å². The molecule has 2 aromatic carbocycles. The zero-order valence-electron chi connectivity index (χ0n) is 21.8. The van der Waals surface area contributed by atoms with Crippen LogP contribution in [0.4, 0.5) is 20.4 Å². The van der Waals surface area contributed by atoms with Crippen molar-refractivity contribution in [2.75, 3.05) is 36.9 Å². The molecule has 4 aromatic rings. The first-order valence-electron chi connectivity index (χ1n) is 13.0. The summed E-state index contributed by atoms with van der Waals surface area (Å²) in [4.78, 5) is 37.5. The van der Waals surface area contributed by atoms with E-state index >= 15 is 0 Å². The number of ketones is 1. The molecule has 1 atom stereocenters. The first-order chi connectivity index (χ1) is 19.4. The largest absolute Gasteiger partial charge is 0.383 e. The Morgan fingerprint density at radius 3 is 2.58 bits per heavy atom. The minimum Gasteiger partial charge on any atom is -0.383 e. The Morgan fingerprint density at radius 1 is 0.975 bits per heavy atom. The number of pyridine rings is 2. The number of amides is 1. The zero-order chi connectivity index (χ0) is 28.1. The van der Waals surface area contributed by atoms with Gasteiger partial charge in [-0.2, -0.15) is 0 Å². The molecule has 1 saturated heterocycles. The lowest BCUT2D eigenvalue weighted by Crippen LogP contribution is -2.38. The highest BCUT2D eigenvalue weighted by molar-refractivity contribution is 6.02. The molecule has 0 saturated carbocycles. The Balaban J connectivity index is 1.36. The van der Waals surface area contributed by atoms with E-state index in [2.05, 4.69) is 15.3 Å².